The van der Waals surface area contributed by atoms with E-state index in [-0.39, 0.29) is 0 Å². The van der Waals surface area contributed by atoms with Gasteiger partial charge in [0.05, 0.1) is 0 Å². The number of aromatic nitrogens is 4. The maximum absolute atomic E-state index is 5.27. The number of hydrogen-bond acceptors (Lipinski definition) is 3. The lowest BCUT2D eigenvalue weighted by Crippen LogP contribution is -2.03. The minimum absolute atomic E-state index is 0.434. The molecule has 0 aliphatic heterocycles. The van der Waals surface area contributed by atoms with E-state index in [1.165, 1.54) is 0 Å². The lowest BCUT2D eigenvalue weighted by Gasteiger charge is -2.10. The summed E-state index contributed by atoms with van der Waals surface area (Å²) in [7, 11) is 0. The van der Waals surface area contributed by atoms with Crippen LogP contribution in [0.25, 0.3) is 11.4 Å². The average molecular weight is 276 g/mol. The summed E-state index contributed by atoms with van der Waals surface area (Å²) in [6.07, 6.45) is 1.03. The minimum Gasteiger partial charge on any atom is -0.300 e. The zero-order valence-corrected chi connectivity index (χ0v) is 12.7. The molecule has 0 unspecified atom stereocenters. The molecule has 0 spiro atoms. The van der Waals surface area contributed by atoms with Crippen LogP contribution in [0.3, 0.4) is 0 Å². The molecule has 0 amide bonds. The molecule has 0 atom stereocenters. The zero-order valence-electron chi connectivity index (χ0n) is 11.9. The van der Waals surface area contributed by atoms with Gasteiger partial charge in [0.25, 0.3) is 0 Å². The van der Waals surface area contributed by atoms with E-state index in [0.717, 1.165) is 35.7 Å². The summed E-state index contributed by atoms with van der Waals surface area (Å²) in [4.78, 5) is 4.66. The Balaban J connectivity index is 2.50. The summed E-state index contributed by atoms with van der Waals surface area (Å²) < 4.78 is 2.71. The van der Waals surface area contributed by atoms with Gasteiger partial charge in [-0.1, -0.05) is 20.8 Å². The second-order valence-electron chi connectivity index (χ2n) is 5.03. The van der Waals surface area contributed by atoms with Crippen molar-refractivity contribution >= 4 is 12.2 Å². The molecule has 0 saturated carbocycles. The van der Waals surface area contributed by atoms with Gasteiger partial charge in [-0.3, -0.25) is 10.1 Å². The highest BCUT2D eigenvalue weighted by Gasteiger charge is 2.12. The van der Waals surface area contributed by atoms with Crippen LogP contribution in [0.15, 0.2) is 12.1 Å². The molecule has 0 aromatic carbocycles. The molecule has 0 aliphatic rings. The van der Waals surface area contributed by atoms with Crippen LogP contribution in [0.1, 0.15) is 44.5 Å². The van der Waals surface area contributed by atoms with Gasteiger partial charge in [-0.2, -0.15) is 5.10 Å². The second kappa shape index (κ2) is 5.65. The monoisotopic (exact) mass is 276 g/mol. The number of rotatable bonds is 4. The fourth-order valence-electron chi connectivity index (χ4n) is 2.09. The molecule has 0 aliphatic carbocycles. The first-order chi connectivity index (χ1) is 9.04. The average Bonchev–Trinajstić information content (AvgIpc) is 2.72. The summed E-state index contributed by atoms with van der Waals surface area (Å²) >= 11 is 5.27. The third-order valence-corrected chi connectivity index (χ3v) is 3.46. The fourth-order valence-corrected chi connectivity index (χ4v) is 2.32. The van der Waals surface area contributed by atoms with E-state index in [2.05, 4.69) is 48.1 Å². The van der Waals surface area contributed by atoms with Gasteiger partial charge in [0.15, 0.2) is 10.6 Å². The van der Waals surface area contributed by atoms with Crippen molar-refractivity contribution in [2.75, 3.05) is 0 Å². The highest BCUT2D eigenvalue weighted by atomic mass is 32.1. The maximum atomic E-state index is 5.27. The van der Waals surface area contributed by atoms with E-state index in [9.17, 15) is 0 Å². The Kier molecular flexibility index (Phi) is 4.14. The Labute approximate surface area is 118 Å². The zero-order chi connectivity index (χ0) is 14.0. The van der Waals surface area contributed by atoms with Crippen LogP contribution in [0.5, 0.6) is 0 Å². The molecule has 2 aromatic rings. The molecular formula is C14H20N4S. The van der Waals surface area contributed by atoms with Crippen LogP contribution >= 0.6 is 12.2 Å². The molecule has 2 rings (SSSR count). The summed E-state index contributed by atoms with van der Waals surface area (Å²) in [5.41, 5.74) is 3.15. The molecule has 0 saturated heterocycles. The molecule has 2 aromatic heterocycles. The van der Waals surface area contributed by atoms with Gasteiger partial charge in [-0.25, -0.2) is 0 Å². The van der Waals surface area contributed by atoms with Crippen molar-refractivity contribution in [3.8, 4) is 11.4 Å². The number of H-pyrrole nitrogens is 1. The van der Waals surface area contributed by atoms with Crippen molar-refractivity contribution in [3.63, 3.8) is 0 Å². The van der Waals surface area contributed by atoms with Gasteiger partial charge < -0.3 is 4.57 Å². The standard InChI is InChI=1S/C14H20N4S/c1-5-8-18-13(16-17-14(18)19)11-6-7-12(9(2)3)15-10(11)4/h6-7,9H,5,8H2,1-4H3,(H,17,19). The molecule has 2 heterocycles. The number of aryl methyl sites for hydroxylation is 1. The topological polar surface area (TPSA) is 46.5 Å². The quantitative estimate of drug-likeness (QED) is 0.863. The summed E-state index contributed by atoms with van der Waals surface area (Å²) in [6.45, 7) is 9.32. The molecular weight excluding hydrogens is 256 g/mol. The Hall–Kier alpha value is -1.49. The first-order valence-electron chi connectivity index (χ1n) is 6.67. The highest BCUT2D eigenvalue weighted by molar-refractivity contribution is 7.71. The summed E-state index contributed by atoms with van der Waals surface area (Å²) in [5.74, 6) is 1.32. The van der Waals surface area contributed by atoms with E-state index >= 15 is 0 Å². The third-order valence-electron chi connectivity index (χ3n) is 3.15. The molecule has 5 heteroatoms. The van der Waals surface area contributed by atoms with E-state index in [1.54, 1.807) is 0 Å². The molecule has 1 N–H and O–H groups in total. The Morgan fingerprint density at radius 2 is 2.11 bits per heavy atom. The van der Waals surface area contributed by atoms with Crippen molar-refractivity contribution in [2.24, 2.45) is 0 Å². The van der Waals surface area contributed by atoms with Crippen LogP contribution in [-0.4, -0.2) is 19.7 Å². The highest BCUT2D eigenvalue weighted by Crippen LogP contribution is 2.23. The Bertz CT molecular complexity index is 625. The largest absolute Gasteiger partial charge is 0.300 e. The van der Waals surface area contributed by atoms with Crippen molar-refractivity contribution in [1.29, 1.82) is 0 Å². The predicted molar refractivity (Wildman–Crippen MR) is 79.8 cm³/mol. The SMILES string of the molecule is CCCn1c(-c2ccc(C(C)C)nc2C)n[nH]c1=S. The van der Waals surface area contributed by atoms with Gasteiger partial charge in [0, 0.05) is 23.5 Å². The first kappa shape index (κ1) is 13.9. The maximum Gasteiger partial charge on any atom is 0.195 e. The van der Waals surface area contributed by atoms with Crippen molar-refractivity contribution in [3.05, 3.63) is 28.3 Å². The van der Waals surface area contributed by atoms with Crippen LogP contribution in [0, 0.1) is 11.7 Å². The van der Waals surface area contributed by atoms with Crippen molar-refractivity contribution in [1.82, 2.24) is 19.7 Å². The van der Waals surface area contributed by atoms with E-state index in [1.807, 2.05) is 11.5 Å². The van der Waals surface area contributed by atoms with Crippen molar-refractivity contribution in [2.45, 2.75) is 46.6 Å². The number of nitrogens with zero attached hydrogens (tertiary/aromatic N) is 3. The Morgan fingerprint density at radius 3 is 2.68 bits per heavy atom. The van der Waals surface area contributed by atoms with Gasteiger partial charge >= 0.3 is 0 Å². The van der Waals surface area contributed by atoms with Crippen LogP contribution < -0.4 is 0 Å². The van der Waals surface area contributed by atoms with E-state index < -0.39 is 0 Å². The predicted octanol–water partition coefficient (Wildman–Crippen LogP) is 3.84. The first-order valence-corrected chi connectivity index (χ1v) is 7.08. The van der Waals surface area contributed by atoms with Crippen LogP contribution in [0.4, 0.5) is 0 Å². The molecule has 0 radical (unpaired) electrons. The third kappa shape index (κ3) is 2.76. The van der Waals surface area contributed by atoms with E-state index in [4.69, 9.17) is 12.2 Å². The fraction of sp³-hybridized carbons (Fsp3) is 0.500. The lowest BCUT2D eigenvalue weighted by molar-refractivity contribution is 0.674. The number of aromatic amines is 1. The van der Waals surface area contributed by atoms with Gasteiger partial charge in [-0.05, 0) is 43.6 Å². The number of hydrogen-bond donors (Lipinski definition) is 1. The molecule has 0 bridgehead atoms. The van der Waals surface area contributed by atoms with Gasteiger partial charge in [-0.15, -0.1) is 0 Å². The summed E-state index contributed by atoms with van der Waals surface area (Å²) in [5, 5.41) is 7.22. The van der Waals surface area contributed by atoms with Crippen LogP contribution in [0.2, 0.25) is 0 Å². The van der Waals surface area contributed by atoms with Gasteiger partial charge in [0.1, 0.15) is 0 Å². The smallest absolute Gasteiger partial charge is 0.195 e. The lowest BCUT2D eigenvalue weighted by atomic mass is 10.1. The number of nitrogens with one attached hydrogen (secondary N) is 1. The van der Waals surface area contributed by atoms with E-state index in [0.29, 0.717) is 10.7 Å². The molecule has 4 nitrogen and oxygen atoms in total. The summed E-state index contributed by atoms with van der Waals surface area (Å²) in [6, 6.07) is 4.16. The minimum atomic E-state index is 0.434. The van der Waals surface area contributed by atoms with Crippen LogP contribution in [-0.2, 0) is 6.54 Å². The van der Waals surface area contributed by atoms with Crippen molar-refractivity contribution < 1.29 is 0 Å². The molecule has 102 valence electrons. The number of pyridine rings is 1. The normalized spacial score (nSPS) is 11.2. The Morgan fingerprint density at radius 1 is 1.37 bits per heavy atom. The van der Waals surface area contributed by atoms with Gasteiger partial charge in [0.2, 0.25) is 0 Å². The molecule has 0 fully saturated rings. The molecule has 19 heavy (non-hydrogen) atoms. The second-order valence-corrected chi connectivity index (χ2v) is 5.41.